The van der Waals surface area contributed by atoms with E-state index in [9.17, 15) is 0 Å². The quantitative estimate of drug-likeness (QED) is 0.911. The minimum Gasteiger partial charge on any atom is -0.454 e. The molecule has 1 heterocycles. The predicted molar refractivity (Wildman–Crippen MR) is 66.7 cm³/mol. The summed E-state index contributed by atoms with van der Waals surface area (Å²) in [4.78, 5) is 0. The first-order chi connectivity index (χ1) is 7.22. The van der Waals surface area contributed by atoms with Gasteiger partial charge in [0.05, 0.1) is 0 Å². The van der Waals surface area contributed by atoms with Gasteiger partial charge >= 0.3 is 0 Å². The standard InChI is InChI=1S/C11H14ClNO2.ClH/c1-2-3-9(13)7-4-10-11(5-8(7)12)15-6-14-10;/h4-5,9H,2-3,6,13H2,1H3;1H/t9-;/m1./s1. The Morgan fingerprint density at radius 1 is 1.38 bits per heavy atom. The molecule has 1 aromatic rings. The zero-order chi connectivity index (χ0) is 10.8. The van der Waals surface area contributed by atoms with Crippen LogP contribution in [0, 0.1) is 0 Å². The number of nitrogens with two attached hydrogens (primary N) is 1. The van der Waals surface area contributed by atoms with Crippen molar-refractivity contribution in [1.82, 2.24) is 0 Å². The molecule has 0 aromatic heterocycles. The van der Waals surface area contributed by atoms with Crippen molar-refractivity contribution in [3.63, 3.8) is 0 Å². The maximum Gasteiger partial charge on any atom is 0.231 e. The first kappa shape index (κ1) is 13.4. The molecular weight excluding hydrogens is 249 g/mol. The van der Waals surface area contributed by atoms with Gasteiger partial charge in [-0.25, -0.2) is 0 Å². The first-order valence-corrected chi connectivity index (χ1v) is 5.44. The summed E-state index contributed by atoms with van der Waals surface area (Å²) in [5.74, 6) is 1.44. The van der Waals surface area contributed by atoms with Crippen LogP contribution in [0.1, 0.15) is 31.4 Å². The monoisotopic (exact) mass is 263 g/mol. The third-order valence-electron chi connectivity index (χ3n) is 2.49. The lowest BCUT2D eigenvalue weighted by Gasteiger charge is -2.13. The van der Waals surface area contributed by atoms with Gasteiger partial charge < -0.3 is 15.2 Å². The second-order valence-electron chi connectivity index (χ2n) is 3.62. The zero-order valence-corrected chi connectivity index (χ0v) is 10.6. The molecule has 1 aliphatic rings. The predicted octanol–water partition coefficient (Wildman–Crippen LogP) is 3.29. The summed E-state index contributed by atoms with van der Waals surface area (Å²) in [5, 5.41) is 0.653. The molecule has 0 aliphatic carbocycles. The molecule has 0 saturated heterocycles. The lowest BCUT2D eigenvalue weighted by atomic mass is 10.0. The van der Waals surface area contributed by atoms with Gasteiger partial charge in [0, 0.05) is 17.1 Å². The van der Waals surface area contributed by atoms with Crippen LogP contribution in [0.5, 0.6) is 11.5 Å². The van der Waals surface area contributed by atoms with Crippen LogP contribution < -0.4 is 15.2 Å². The SMILES string of the molecule is CCC[C@@H](N)c1cc2c(cc1Cl)OCO2.Cl. The number of hydrogen-bond donors (Lipinski definition) is 1. The van der Waals surface area contributed by atoms with Crippen LogP contribution in [-0.4, -0.2) is 6.79 Å². The Hall–Kier alpha value is -0.640. The van der Waals surface area contributed by atoms with Crippen LogP contribution in [0.25, 0.3) is 0 Å². The molecule has 0 unspecified atom stereocenters. The lowest BCUT2D eigenvalue weighted by molar-refractivity contribution is 0.174. The molecule has 1 atom stereocenters. The highest BCUT2D eigenvalue weighted by atomic mass is 35.5. The van der Waals surface area contributed by atoms with E-state index in [-0.39, 0.29) is 25.2 Å². The van der Waals surface area contributed by atoms with E-state index in [0.29, 0.717) is 10.8 Å². The number of rotatable bonds is 3. The molecular formula is C11H15Cl2NO2. The summed E-state index contributed by atoms with van der Waals surface area (Å²) in [6.45, 7) is 2.36. The Balaban J connectivity index is 0.00000128. The van der Waals surface area contributed by atoms with E-state index in [2.05, 4.69) is 6.92 Å². The smallest absolute Gasteiger partial charge is 0.231 e. The number of fused-ring (bicyclic) bond motifs is 1. The van der Waals surface area contributed by atoms with Gasteiger partial charge in [0.15, 0.2) is 11.5 Å². The first-order valence-electron chi connectivity index (χ1n) is 5.07. The molecule has 3 nitrogen and oxygen atoms in total. The van der Waals surface area contributed by atoms with E-state index in [0.717, 1.165) is 24.2 Å². The molecule has 0 bridgehead atoms. The molecule has 16 heavy (non-hydrogen) atoms. The van der Waals surface area contributed by atoms with E-state index >= 15 is 0 Å². The third kappa shape index (κ3) is 2.54. The van der Waals surface area contributed by atoms with Crippen LogP contribution >= 0.6 is 24.0 Å². The maximum atomic E-state index is 6.12. The fourth-order valence-electron chi connectivity index (χ4n) is 1.68. The number of halogens is 2. The third-order valence-corrected chi connectivity index (χ3v) is 2.82. The summed E-state index contributed by atoms with van der Waals surface area (Å²) < 4.78 is 10.5. The van der Waals surface area contributed by atoms with Gasteiger partial charge in [0.2, 0.25) is 6.79 Å². The fourth-order valence-corrected chi connectivity index (χ4v) is 1.98. The average molecular weight is 264 g/mol. The average Bonchev–Trinajstić information content (AvgIpc) is 2.63. The van der Waals surface area contributed by atoms with Gasteiger partial charge in [-0.05, 0) is 18.1 Å². The van der Waals surface area contributed by atoms with E-state index in [1.54, 1.807) is 6.07 Å². The summed E-state index contributed by atoms with van der Waals surface area (Å²) in [6, 6.07) is 3.62. The molecule has 0 saturated carbocycles. The van der Waals surface area contributed by atoms with Gasteiger partial charge in [0.25, 0.3) is 0 Å². The normalized spacial score (nSPS) is 14.4. The Bertz CT molecular complexity index is 371. The van der Waals surface area contributed by atoms with E-state index in [4.69, 9.17) is 26.8 Å². The molecule has 1 aromatic carbocycles. The second-order valence-corrected chi connectivity index (χ2v) is 4.03. The molecule has 0 amide bonds. The van der Waals surface area contributed by atoms with E-state index in [1.165, 1.54) is 0 Å². The molecule has 5 heteroatoms. The summed E-state index contributed by atoms with van der Waals surface area (Å²) >= 11 is 6.12. The van der Waals surface area contributed by atoms with Gasteiger partial charge in [-0.15, -0.1) is 12.4 Å². The Labute approximate surface area is 106 Å². The van der Waals surface area contributed by atoms with Crippen LogP contribution in [0.3, 0.4) is 0 Å². The Morgan fingerprint density at radius 3 is 2.62 bits per heavy atom. The van der Waals surface area contributed by atoms with E-state index < -0.39 is 0 Å². The van der Waals surface area contributed by atoms with Crippen molar-refractivity contribution in [2.75, 3.05) is 6.79 Å². The summed E-state index contributed by atoms with van der Waals surface area (Å²) in [7, 11) is 0. The largest absolute Gasteiger partial charge is 0.454 e. The number of hydrogen-bond acceptors (Lipinski definition) is 3. The number of benzene rings is 1. The van der Waals surface area contributed by atoms with Crippen molar-refractivity contribution in [3.8, 4) is 11.5 Å². The zero-order valence-electron chi connectivity index (χ0n) is 9.03. The van der Waals surface area contributed by atoms with Crippen molar-refractivity contribution >= 4 is 24.0 Å². The second kappa shape index (κ2) is 5.62. The maximum absolute atomic E-state index is 6.12. The summed E-state index contributed by atoms with van der Waals surface area (Å²) in [6.07, 6.45) is 1.95. The van der Waals surface area contributed by atoms with Crippen LogP contribution in [0.4, 0.5) is 0 Å². The van der Waals surface area contributed by atoms with Gasteiger partial charge in [0.1, 0.15) is 0 Å². The molecule has 0 fully saturated rings. The minimum absolute atomic E-state index is 0. The van der Waals surface area contributed by atoms with Crippen LogP contribution in [-0.2, 0) is 0 Å². The summed E-state index contributed by atoms with van der Waals surface area (Å²) in [5.41, 5.74) is 6.95. The highest BCUT2D eigenvalue weighted by Crippen LogP contribution is 2.39. The van der Waals surface area contributed by atoms with Crippen LogP contribution in [0.2, 0.25) is 5.02 Å². The van der Waals surface area contributed by atoms with Crippen molar-refractivity contribution in [1.29, 1.82) is 0 Å². The fraction of sp³-hybridized carbons (Fsp3) is 0.455. The van der Waals surface area contributed by atoms with Crippen molar-refractivity contribution in [3.05, 3.63) is 22.7 Å². The Morgan fingerprint density at radius 2 is 2.00 bits per heavy atom. The van der Waals surface area contributed by atoms with Crippen molar-refractivity contribution in [2.24, 2.45) is 5.73 Å². The van der Waals surface area contributed by atoms with Gasteiger partial charge in [-0.2, -0.15) is 0 Å². The molecule has 1 aliphatic heterocycles. The number of ether oxygens (including phenoxy) is 2. The molecule has 0 radical (unpaired) electrons. The molecule has 90 valence electrons. The van der Waals surface area contributed by atoms with Crippen LogP contribution in [0.15, 0.2) is 12.1 Å². The molecule has 2 rings (SSSR count). The highest BCUT2D eigenvalue weighted by molar-refractivity contribution is 6.31. The van der Waals surface area contributed by atoms with Crippen molar-refractivity contribution < 1.29 is 9.47 Å². The van der Waals surface area contributed by atoms with Crippen molar-refractivity contribution in [2.45, 2.75) is 25.8 Å². The van der Waals surface area contributed by atoms with Gasteiger partial charge in [-0.3, -0.25) is 0 Å². The van der Waals surface area contributed by atoms with Gasteiger partial charge in [-0.1, -0.05) is 24.9 Å². The minimum atomic E-state index is -0.0306. The lowest BCUT2D eigenvalue weighted by Crippen LogP contribution is -2.10. The van der Waals surface area contributed by atoms with E-state index in [1.807, 2.05) is 6.07 Å². The Kier molecular flexibility index (Phi) is 4.71. The molecule has 0 spiro atoms. The topological polar surface area (TPSA) is 44.5 Å². The highest BCUT2D eigenvalue weighted by Gasteiger charge is 2.19. The molecule has 2 N–H and O–H groups in total.